The summed E-state index contributed by atoms with van der Waals surface area (Å²) in [4.78, 5) is 0. The van der Waals surface area contributed by atoms with Crippen molar-refractivity contribution in [1.29, 1.82) is 0 Å². The molecule has 1 rings (SSSR count). The molecule has 0 heterocycles. The van der Waals surface area contributed by atoms with Crippen molar-refractivity contribution < 1.29 is 0 Å². The molecular weight excluding hydrogens is 194 g/mol. The van der Waals surface area contributed by atoms with Gasteiger partial charge in [0.2, 0.25) is 0 Å². The van der Waals surface area contributed by atoms with Crippen LogP contribution in [-0.2, 0) is 0 Å². The van der Waals surface area contributed by atoms with Crippen molar-refractivity contribution in [1.82, 2.24) is 5.32 Å². The summed E-state index contributed by atoms with van der Waals surface area (Å²) in [6, 6.07) is 0.619. The highest BCUT2D eigenvalue weighted by molar-refractivity contribution is 4.85. The normalized spacial score (nSPS) is 30.6. The second-order valence-corrected chi connectivity index (χ2v) is 5.69. The average Bonchev–Trinajstić information content (AvgIpc) is 2.27. The van der Waals surface area contributed by atoms with E-state index in [1.54, 1.807) is 0 Å². The largest absolute Gasteiger partial charge is 0.314 e. The van der Waals surface area contributed by atoms with Crippen LogP contribution in [0, 0.1) is 17.8 Å². The van der Waals surface area contributed by atoms with Crippen molar-refractivity contribution in [3.63, 3.8) is 0 Å². The molecule has 1 N–H and O–H groups in total. The van der Waals surface area contributed by atoms with Crippen LogP contribution in [0.2, 0.25) is 0 Å². The molecule has 1 heteroatoms. The van der Waals surface area contributed by atoms with Crippen LogP contribution in [0.4, 0.5) is 0 Å². The Hall–Kier alpha value is -0.300. The van der Waals surface area contributed by atoms with Gasteiger partial charge in [0.05, 0.1) is 0 Å². The van der Waals surface area contributed by atoms with E-state index < -0.39 is 0 Å². The highest BCUT2D eigenvalue weighted by Gasteiger charge is 2.28. The van der Waals surface area contributed by atoms with E-state index in [1.165, 1.54) is 38.6 Å². The minimum atomic E-state index is 0.619. The first-order chi connectivity index (χ1) is 7.67. The quantitative estimate of drug-likeness (QED) is 0.671. The fourth-order valence-corrected chi connectivity index (χ4v) is 2.95. The topological polar surface area (TPSA) is 12.0 Å². The van der Waals surface area contributed by atoms with E-state index in [9.17, 15) is 0 Å². The average molecular weight is 223 g/mol. The molecule has 1 saturated carbocycles. The molecule has 1 nitrogen and oxygen atoms in total. The smallest absolute Gasteiger partial charge is 0.00104 e. The van der Waals surface area contributed by atoms with Crippen LogP contribution >= 0.6 is 0 Å². The van der Waals surface area contributed by atoms with Crippen LogP contribution in [0.15, 0.2) is 12.7 Å². The molecule has 0 aromatic carbocycles. The lowest BCUT2D eigenvalue weighted by molar-refractivity contribution is 0.171. The van der Waals surface area contributed by atoms with Gasteiger partial charge in [0.1, 0.15) is 0 Å². The Morgan fingerprint density at radius 3 is 2.62 bits per heavy atom. The van der Waals surface area contributed by atoms with Crippen LogP contribution in [0.1, 0.15) is 52.9 Å². The van der Waals surface area contributed by atoms with Gasteiger partial charge in [0.25, 0.3) is 0 Å². The molecule has 3 unspecified atom stereocenters. The molecule has 94 valence electrons. The highest BCUT2D eigenvalue weighted by atomic mass is 14.9. The molecule has 0 aliphatic heterocycles. The van der Waals surface area contributed by atoms with E-state index >= 15 is 0 Å². The lowest BCUT2D eigenvalue weighted by Crippen LogP contribution is -2.35. The molecule has 16 heavy (non-hydrogen) atoms. The maximum Gasteiger partial charge on any atom is 0.00104 e. The minimum Gasteiger partial charge on any atom is -0.314 e. The van der Waals surface area contributed by atoms with Gasteiger partial charge < -0.3 is 5.32 Å². The van der Waals surface area contributed by atoms with Crippen LogP contribution in [0.3, 0.4) is 0 Å². The van der Waals surface area contributed by atoms with Crippen LogP contribution in [-0.4, -0.2) is 12.6 Å². The Labute approximate surface area is 102 Å². The van der Waals surface area contributed by atoms with Crippen LogP contribution in [0.5, 0.6) is 0 Å². The number of hydrogen-bond acceptors (Lipinski definition) is 1. The first-order valence-electron chi connectivity index (χ1n) is 7.01. The summed E-state index contributed by atoms with van der Waals surface area (Å²) in [6.07, 6.45) is 8.96. The lowest BCUT2D eigenvalue weighted by atomic mass is 9.72. The summed E-state index contributed by atoms with van der Waals surface area (Å²) >= 11 is 0. The number of allylic oxidation sites excluding steroid dienone is 1. The molecule has 0 amide bonds. The zero-order chi connectivity index (χ0) is 12.0. The molecular formula is C15H29N. The summed E-state index contributed by atoms with van der Waals surface area (Å²) in [5, 5.41) is 3.60. The van der Waals surface area contributed by atoms with Crippen molar-refractivity contribution in [2.75, 3.05) is 6.54 Å². The van der Waals surface area contributed by atoms with Crippen molar-refractivity contribution >= 4 is 0 Å². The van der Waals surface area contributed by atoms with Crippen molar-refractivity contribution in [2.45, 2.75) is 58.9 Å². The van der Waals surface area contributed by atoms with Gasteiger partial charge in [-0.15, -0.1) is 6.58 Å². The summed E-state index contributed by atoms with van der Waals surface area (Å²) < 4.78 is 0. The third-order valence-electron chi connectivity index (χ3n) is 4.08. The van der Waals surface area contributed by atoms with Gasteiger partial charge in [0.15, 0.2) is 0 Å². The molecule has 1 aliphatic carbocycles. The standard InChI is InChI=1S/C15H29N/c1-5-7-14-10-13(6-2)8-9-15(14)11-16-12(3)4/h5,12-16H,1,6-11H2,2-4H3. The van der Waals surface area contributed by atoms with E-state index in [4.69, 9.17) is 0 Å². The van der Waals surface area contributed by atoms with Gasteiger partial charge in [-0.25, -0.2) is 0 Å². The summed E-state index contributed by atoms with van der Waals surface area (Å²) in [5.74, 6) is 2.73. The van der Waals surface area contributed by atoms with E-state index in [2.05, 4.69) is 38.7 Å². The number of rotatable bonds is 6. The van der Waals surface area contributed by atoms with E-state index in [0.717, 1.165) is 17.8 Å². The van der Waals surface area contributed by atoms with Crippen molar-refractivity contribution in [3.05, 3.63) is 12.7 Å². The first kappa shape index (κ1) is 13.8. The summed E-state index contributed by atoms with van der Waals surface area (Å²) in [6.45, 7) is 11.9. The van der Waals surface area contributed by atoms with Gasteiger partial charge in [-0.2, -0.15) is 0 Å². The second-order valence-electron chi connectivity index (χ2n) is 5.69. The third kappa shape index (κ3) is 4.29. The van der Waals surface area contributed by atoms with Crippen LogP contribution < -0.4 is 5.32 Å². The number of hydrogen-bond donors (Lipinski definition) is 1. The Kier molecular flexibility index (Phi) is 6.12. The van der Waals surface area contributed by atoms with Gasteiger partial charge in [-0.3, -0.25) is 0 Å². The Balaban J connectivity index is 2.44. The van der Waals surface area contributed by atoms with Crippen molar-refractivity contribution in [2.24, 2.45) is 17.8 Å². The molecule has 0 aromatic rings. The van der Waals surface area contributed by atoms with Crippen molar-refractivity contribution in [3.8, 4) is 0 Å². The first-order valence-corrected chi connectivity index (χ1v) is 7.01. The minimum absolute atomic E-state index is 0.619. The zero-order valence-corrected chi connectivity index (χ0v) is 11.3. The molecule has 3 atom stereocenters. The molecule has 0 aromatic heterocycles. The Morgan fingerprint density at radius 2 is 2.06 bits per heavy atom. The van der Waals surface area contributed by atoms with Crippen LogP contribution in [0.25, 0.3) is 0 Å². The van der Waals surface area contributed by atoms with E-state index in [0.29, 0.717) is 6.04 Å². The fraction of sp³-hybridized carbons (Fsp3) is 0.867. The van der Waals surface area contributed by atoms with Gasteiger partial charge >= 0.3 is 0 Å². The maximum absolute atomic E-state index is 3.91. The molecule has 1 aliphatic rings. The highest BCUT2D eigenvalue weighted by Crippen LogP contribution is 2.37. The Morgan fingerprint density at radius 1 is 1.31 bits per heavy atom. The second kappa shape index (κ2) is 7.11. The predicted octanol–water partition coefficient (Wildman–Crippen LogP) is 4.00. The molecule has 1 fully saturated rings. The molecule has 0 radical (unpaired) electrons. The molecule has 0 spiro atoms. The lowest BCUT2D eigenvalue weighted by Gasteiger charge is -2.36. The van der Waals surface area contributed by atoms with Gasteiger partial charge in [0, 0.05) is 6.04 Å². The maximum atomic E-state index is 3.91. The third-order valence-corrected chi connectivity index (χ3v) is 4.08. The summed E-state index contributed by atoms with van der Waals surface area (Å²) in [5.41, 5.74) is 0. The molecule has 0 saturated heterocycles. The summed E-state index contributed by atoms with van der Waals surface area (Å²) in [7, 11) is 0. The fourth-order valence-electron chi connectivity index (χ4n) is 2.95. The SMILES string of the molecule is C=CCC1CC(CC)CCC1CNC(C)C. The van der Waals surface area contributed by atoms with Gasteiger partial charge in [-0.05, 0) is 43.6 Å². The Bertz CT molecular complexity index is 198. The van der Waals surface area contributed by atoms with Gasteiger partial charge in [-0.1, -0.05) is 39.7 Å². The predicted molar refractivity (Wildman–Crippen MR) is 72.6 cm³/mol. The van der Waals surface area contributed by atoms with E-state index in [-0.39, 0.29) is 0 Å². The van der Waals surface area contributed by atoms with E-state index in [1.807, 2.05) is 0 Å². The monoisotopic (exact) mass is 223 g/mol. The zero-order valence-electron chi connectivity index (χ0n) is 11.3. The molecule has 0 bridgehead atoms. The number of nitrogens with one attached hydrogen (secondary N) is 1.